The van der Waals surface area contributed by atoms with E-state index in [9.17, 15) is 9.59 Å². The number of ether oxygens (including phenoxy) is 1. The van der Waals surface area contributed by atoms with Crippen molar-refractivity contribution < 1.29 is 14.3 Å². The first-order valence-corrected chi connectivity index (χ1v) is 12.3. The van der Waals surface area contributed by atoms with Gasteiger partial charge in [-0.15, -0.1) is 11.3 Å². The first-order valence-electron chi connectivity index (χ1n) is 11.4. The fourth-order valence-corrected chi connectivity index (χ4v) is 4.90. The van der Waals surface area contributed by atoms with Gasteiger partial charge in [-0.1, -0.05) is 25.1 Å². The highest BCUT2D eigenvalue weighted by atomic mass is 32.1. The lowest BCUT2D eigenvalue weighted by molar-refractivity contribution is -0.136. The summed E-state index contributed by atoms with van der Waals surface area (Å²) in [5, 5.41) is 5.02. The summed E-state index contributed by atoms with van der Waals surface area (Å²) in [6.07, 6.45) is 1.62. The number of hydrogen-bond acceptors (Lipinski definition) is 4. The number of carbonyl (C=O) groups is 2. The molecule has 174 valence electrons. The summed E-state index contributed by atoms with van der Waals surface area (Å²) in [6.45, 7) is 11.0. The fourth-order valence-electron chi connectivity index (χ4n) is 3.98. The van der Waals surface area contributed by atoms with Crippen molar-refractivity contribution in [3.63, 3.8) is 0 Å². The predicted molar refractivity (Wildman–Crippen MR) is 129 cm³/mol. The smallest absolute Gasteiger partial charge is 0.318 e. The molecule has 0 saturated heterocycles. The molecule has 2 heterocycles. The lowest BCUT2D eigenvalue weighted by Crippen LogP contribution is -2.53. The molecule has 6 nitrogen and oxygen atoms in total. The summed E-state index contributed by atoms with van der Waals surface area (Å²) >= 11 is 1.73. The molecule has 1 aromatic heterocycles. The van der Waals surface area contributed by atoms with Crippen LogP contribution in [-0.4, -0.2) is 53.5 Å². The number of nitrogens with one attached hydrogen (secondary N) is 1. The van der Waals surface area contributed by atoms with Crippen LogP contribution in [0.5, 0.6) is 5.75 Å². The van der Waals surface area contributed by atoms with Crippen LogP contribution in [0.2, 0.25) is 0 Å². The number of amides is 3. The molecule has 1 N–H and O–H groups in total. The molecule has 32 heavy (non-hydrogen) atoms. The van der Waals surface area contributed by atoms with Crippen molar-refractivity contribution in [2.24, 2.45) is 0 Å². The second kappa shape index (κ2) is 10.9. The number of aryl methyl sites for hydroxylation is 1. The van der Waals surface area contributed by atoms with Crippen molar-refractivity contribution in [3.05, 3.63) is 51.7 Å². The van der Waals surface area contributed by atoms with Gasteiger partial charge in [-0.05, 0) is 69.2 Å². The van der Waals surface area contributed by atoms with E-state index in [1.165, 1.54) is 4.88 Å². The van der Waals surface area contributed by atoms with Gasteiger partial charge in [0.05, 0.1) is 6.04 Å². The zero-order chi connectivity index (χ0) is 23.3. The van der Waals surface area contributed by atoms with Gasteiger partial charge in [0.1, 0.15) is 18.9 Å². The number of carbonyl (C=O) groups excluding carboxylic acids is 2. The van der Waals surface area contributed by atoms with Crippen molar-refractivity contribution in [1.29, 1.82) is 0 Å². The summed E-state index contributed by atoms with van der Waals surface area (Å²) in [4.78, 5) is 31.1. The molecule has 0 unspecified atom stereocenters. The number of urea groups is 1. The van der Waals surface area contributed by atoms with Crippen molar-refractivity contribution in [2.45, 2.75) is 65.6 Å². The second-order valence-corrected chi connectivity index (χ2v) is 9.72. The SMILES string of the molecule is CC[C@H](C)N(CC(=O)N1CCc2sccc2[C@@H]1COc1ccccc1C)C(=O)NC(C)C. The quantitative estimate of drug-likeness (QED) is 0.621. The molecular formula is C25H35N3O3S. The summed E-state index contributed by atoms with van der Waals surface area (Å²) in [6, 6.07) is 9.66. The number of para-hydroxylation sites is 1. The molecule has 0 aliphatic carbocycles. The normalized spacial score (nSPS) is 16.4. The third kappa shape index (κ3) is 5.63. The van der Waals surface area contributed by atoms with Crippen LogP contribution in [0.4, 0.5) is 4.79 Å². The standard InChI is InChI=1S/C25H35N3O3S/c1-6-19(5)28(25(30)26-17(2)3)15-24(29)27-13-11-23-20(12-14-32-23)21(27)16-31-22-10-8-7-9-18(22)4/h7-10,12,14,17,19,21H,6,11,13,15-16H2,1-5H3,(H,26,30)/t19-,21-/m0/s1. The molecule has 0 radical (unpaired) electrons. The van der Waals surface area contributed by atoms with Crippen molar-refractivity contribution >= 4 is 23.3 Å². The average molecular weight is 458 g/mol. The minimum atomic E-state index is -0.191. The average Bonchev–Trinajstić information content (AvgIpc) is 3.24. The monoisotopic (exact) mass is 457 g/mol. The molecule has 1 aliphatic heterocycles. The van der Waals surface area contributed by atoms with Gasteiger partial charge in [-0.25, -0.2) is 4.79 Å². The van der Waals surface area contributed by atoms with E-state index in [2.05, 4.69) is 16.8 Å². The molecule has 1 aromatic carbocycles. The van der Waals surface area contributed by atoms with Crippen LogP contribution >= 0.6 is 11.3 Å². The first kappa shape index (κ1) is 24.1. The highest BCUT2D eigenvalue weighted by Gasteiger charge is 2.34. The van der Waals surface area contributed by atoms with Gasteiger partial charge >= 0.3 is 6.03 Å². The van der Waals surface area contributed by atoms with Gasteiger partial charge in [0, 0.05) is 23.5 Å². The lowest BCUT2D eigenvalue weighted by Gasteiger charge is -2.38. The molecular weight excluding hydrogens is 422 g/mol. The van der Waals surface area contributed by atoms with Crippen molar-refractivity contribution in [3.8, 4) is 5.75 Å². The van der Waals surface area contributed by atoms with E-state index in [1.807, 2.05) is 63.8 Å². The van der Waals surface area contributed by atoms with Crippen molar-refractivity contribution in [2.75, 3.05) is 19.7 Å². The molecule has 0 saturated carbocycles. The zero-order valence-electron chi connectivity index (χ0n) is 19.8. The van der Waals surface area contributed by atoms with E-state index >= 15 is 0 Å². The van der Waals surface area contributed by atoms with E-state index < -0.39 is 0 Å². The maximum absolute atomic E-state index is 13.5. The minimum absolute atomic E-state index is 0.0165. The number of fused-ring (bicyclic) bond motifs is 1. The van der Waals surface area contributed by atoms with Gasteiger partial charge in [-0.3, -0.25) is 4.79 Å². The number of thiophene rings is 1. The van der Waals surface area contributed by atoms with Gasteiger partial charge < -0.3 is 19.9 Å². The second-order valence-electron chi connectivity index (χ2n) is 8.72. The topological polar surface area (TPSA) is 61.9 Å². The van der Waals surface area contributed by atoms with Crippen LogP contribution in [0.1, 0.15) is 56.2 Å². The predicted octanol–water partition coefficient (Wildman–Crippen LogP) is 4.78. The van der Waals surface area contributed by atoms with E-state index in [1.54, 1.807) is 16.2 Å². The molecule has 1 aliphatic rings. The first-order chi connectivity index (χ1) is 15.3. The third-order valence-corrected chi connectivity index (χ3v) is 7.00. The summed E-state index contributed by atoms with van der Waals surface area (Å²) in [7, 11) is 0. The molecule has 3 rings (SSSR count). The largest absolute Gasteiger partial charge is 0.491 e. The highest BCUT2D eigenvalue weighted by molar-refractivity contribution is 7.10. The number of rotatable bonds is 8. The zero-order valence-corrected chi connectivity index (χ0v) is 20.6. The van der Waals surface area contributed by atoms with Crippen LogP contribution in [0, 0.1) is 6.92 Å². The Morgan fingerprint density at radius 2 is 2.00 bits per heavy atom. The van der Waals surface area contributed by atoms with E-state index in [0.29, 0.717) is 13.2 Å². The molecule has 2 atom stereocenters. The Morgan fingerprint density at radius 3 is 2.69 bits per heavy atom. The summed E-state index contributed by atoms with van der Waals surface area (Å²) in [5.41, 5.74) is 2.23. The van der Waals surface area contributed by atoms with Crippen LogP contribution < -0.4 is 10.1 Å². The Morgan fingerprint density at radius 1 is 1.25 bits per heavy atom. The number of nitrogens with zero attached hydrogens (tertiary/aromatic N) is 2. The molecule has 0 bridgehead atoms. The Labute approximate surface area is 195 Å². The minimum Gasteiger partial charge on any atom is -0.491 e. The molecule has 0 spiro atoms. The third-order valence-electron chi connectivity index (χ3n) is 6.01. The van der Waals surface area contributed by atoms with E-state index in [-0.39, 0.29) is 36.6 Å². The fraction of sp³-hybridized carbons (Fsp3) is 0.520. The van der Waals surface area contributed by atoms with E-state index in [4.69, 9.17) is 4.74 Å². The number of hydrogen-bond donors (Lipinski definition) is 1. The van der Waals surface area contributed by atoms with Crippen LogP contribution in [0.15, 0.2) is 35.7 Å². The molecule has 3 amide bonds. The summed E-state index contributed by atoms with van der Waals surface area (Å²) < 4.78 is 6.17. The van der Waals surface area contributed by atoms with Crippen LogP contribution in [0.3, 0.4) is 0 Å². The molecule has 2 aromatic rings. The van der Waals surface area contributed by atoms with Gasteiger partial charge in [0.25, 0.3) is 0 Å². The Kier molecular flexibility index (Phi) is 8.18. The Balaban J connectivity index is 1.79. The van der Waals surface area contributed by atoms with Gasteiger partial charge in [0.15, 0.2) is 0 Å². The number of benzene rings is 1. The molecule has 7 heteroatoms. The van der Waals surface area contributed by atoms with Gasteiger partial charge in [-0.2, -0.15) is 0 Å². The van der Waals surface area contributed by atoms with Crippen LogP contribution in [0.25, 0.3) is 0 Å². The molecule has 0 fully saturated rings. The van der Waals surface area contributed by atoms with Gasteiger partial charge in [0.2, 0.25) is 5.91 Å². The Hall–Kier alpha value is -2.54. The van der Waals surface area contributed by atoms with Crippen LogP contribution in [-0.2, 0) is 11.2 Å². The maximum atomic E-state index is 13.5. The summed E-state index contributed by atoms with van der Waals surface area (Å²) in [5.74, 6) is 0.791. The van der Waals surface area contributed by atoms with Crippen molar-refractivity contribution in [1.82, 2.24) is 15.1 Å². The van der Waals surface area contributed by atoms with E-state index in [0.717, 1.165) is 29.7 Å². The lowest BCUT2D eigenvalue weighted by atomic mass is 10.00. The maximum Gasteiger partial charge on any atom is 0.318 e. The highest BCUT2D eigenvalue weighted by Crippen LogP contribution is 2.34. The Bertz CT molecular complexity index is 927.